The van der Waals surface area contributed by atoms with Crippen LogP contribution in [0.5, 0.6) is 0 Å². The summed E-state index contributed by atoms with van der Waals surface area (Å²) in [6.45, 7) is 3.37. The number of nitrogens with one attached hydrogen (secondary N) is 1. The molecule has 1 amide bonds. The van der Waals surface area contributed by atoms with Gasteiger partial charge >= 0.3 is 0 Å². The molecule has 3 atom stereocenters. The van der Waals surface area contributed by atoms with E-state index in [1.165, 1.54) is 0 Å². The average molecular weight is 341 g/mol. The van der Waals surface area contributed by atoms with Gasteiger partial charge in [-0.25, -0.2) is 0 Å². The molecule has 1 aliphatic rings. The minimum atomic E-state index is -0.139. The first kappa shape index (κ1) is 19.9. The molecule has 0 aliphatic carbocycles. The van der Waals surface area contributed by atoms with E-state index < -0.39 is 0 Å². The van der Waals surface area contributed by atoms with Crippen molar-refractivity contribution in [3.05, 3.63) is 35.9 Å². The van der Waals surface area contributed by atoms with E-state index in [0.29, 0.717) is 6.54 Å². The Morgan fingerprint density at radius 1 is 1.39 bits per heavy atom. The van der Waals surface area contributed by atoms with Crippen LogP contribution in [0.2, 0.25) is 0 Å². The highest BCUT2D eigenvalue weighted by atomic mass is 35.5. The summed E-state index contributed by atoms with van der Waals surface area (Å²) in [4.78, 5) is 12.7. The quantitative estimate of drug-likeness (QED) is 0.801. The SMILES string of the molecule is CCCCC(CN)NC(=O)C1CCCOC1c1ccccc1.Cl. The molecule has 23 heavy (non-hydrogen) atoms. The Bertz CT molecular complexity index is 456. The molecule has 1 fully saturated rings. The minimum absolute atomic E-state index is 0. The lowest BCUT2D eigenvalue weighted by molar-refractivity contribution is -0.135. The Hall–Kier alpha value is -1.10. The summed E-state index contributed by atoms with van der Waals surface area (Å²) < 4.78 is 5.90. The topological polar surface area (TPSA) is 64.3 Å². The van der Waals surface area contributed by atoms with E-state index in [4.69, 9.17) is 10.5 Å². The van der Waals surface area contributed by atoms with Gasteiger partial charge in [-0.05, 0) is 24.8 Å². The number of hydrogen-bond acceptors (Lipinski definition) is 3. The van der Waals surface area contributed by atoms with Gasteiger partial charge in [0.25, 0.3) is 0 Å². The van der Waals surface area contributed by atoms with Gasteiger partial charge in [0, 0.05) is 19.2 Å². The van der Waals surface area contributed by atoms with Crippen LogP contribution in [0, 0.1) is 5.92 Å². The summed E-state index contributed by atoms with van der Waals surface area (Å²) in [5.74, 6) is -0.0352. The largest absolute Gasteiger partial charge is 0.373 e. The number of ether oxygens (including phenoxy) is 1. The van der Waals surface area contributed by atoms with Gasteiger partial charge in [0.1, 0.15) is 0 Å². The van der Waals surface area contributed by atoms with E-state index in [0.717, 1.165) is 44.3 Å². The highest BCUT2D eigenvalue weighted by Gasteiger charge is 2.33. The van der Waals surface area contributed by atoms with Crippen molar-refractivity contribution in [1.29, 1.82) is 0 Å². The van der Waals surface area contributed by atoms with Gasteiger partial charge < -0.3 is 15.8 Å². The Morgan fingerprint density at radius 2 is 2.13 bits per heavy atom. The van der Waals surface area contributed by atoms with E-state index in [9.17, 15) is 4.79 Å². The van der Waals surface area contributed by atoms with E-state index in [1.54, 1.807) is 0 Å². The number of unbranched alkanes of at least 4 members (excludes halogenated alkanes) is 1. The molecule has 1 aromatic rings. The second-order valence-electron chi connectivity index (χ2n) is 6.03. The van der Waals surface area contributed by atoms with Crippen LogP contribution in [0.15, 0.2) is 30.3 Å². The third kappa shape index (κ3) is 5.79. The molecular weight excluding hydrogens is 312 g/mol. The molecule has 0 aromatic heterocycles. The first-order valence-corrected chi connectivity index (χ1v) is 8.43. The van der Waals surface area contributed by atoms with Crippen molar-refractivity contribution in [3.63, 3.8) is 0 Å². The third-order valence-electron chi connectivity index (χ3n) is 4.32. The van der Waals surface area contributed by atoms with E-state index in [-0.39, 0.29) is 36.4 Å². The van der Waals surface area contributed by atoms with Crippen molar-refractivity contribution in [3.8, 4) is 0 Å². The van der Waals surface area contributed by atoms with Gasteiger partial charge in [-0.2, -0.15) is 0 Å². The van der Waals surface area contributed by atoms with Crippen LogP contribution in [-0.4, -0.2) is 25.1 Å². The molecular formula is C18H29ClN2O2. The monoisotopic (exact) mass is 340 g/mol. The molecule has 1 heterocycles. The third-order valence-corrected chi connectivity index (χ3v) is 4.32. The van der Waals surface area contributed by atoms with E-state index >= 15 is 0 Å². The highest BCUT2D eigenvalue weighted by Crippen LogP contribution is 2.33. The summed E-state index contributed by atoms with van der Waals surface area (Å²) in [7, 11) is 0. The first-order valence-electron chi connectivity index (χ1n) is 8.43. The summed E-state index contributed by atoms with van der Waals surface area (Å²) in [6, 6.07) is 10.1. The van der Waals surface area contributed by atoms with Crippen LogP contribution in [0.25, 0.3) is 0 Å². The Kier molecular flexibility index (Phi) is 9.22. The van der Waals surface area contributed by atoms with Crippen molar-refractivity contribution in [2.75, 3.05) is 13.2 Å². The molecule has 0 bridgehead atoms. The lowest BCUT2D eigenvalue weighted by Crippen LogP contribution is -2.45. The van der Waals surface area contributed by atoms with Crippen LogP contribution in [-0.2, 0) is 9.53 Å². The maximum atomic E-state index is 12.7. The predicted molar refractivity (Wildman–Crippen MR) is 95.6 cm³/mol. The minimum Gasteiger partial charge on any atom is -0.373 e. The lowest BCUT2D eigenvalue weighted by atomic mass is 9.88. The van der Waals surface area contributed by atoms with Gasteiger partial charge in [0.2, 0.25) is 5.91 Å². The maximum Gasteiger partial charge on any atom is 0.226 e. The summed E-state index contributed by atoms with van der Waals surface area (Å²) >= 11 is 0. The smallest absolute Gasteiger partial charge is 0.226 e. The fraction of sp³-hybridized carbons (Fsp3) is 0.611. The van der Waals surface area contributed by atoms with Crippen LogP contribution in [0.3, 0.4) is 0 Å². The molecule has 2 rings (SSSR count). The maximum absolute atomic E-state index is 12.7. The predicted octanol–water partition coefficient (Wildman–Crippen LogP) is 3.21. The van der Waals surface area contributed by atoms with E-state index in [1.807, 2.05) is 30.3 Å². The second kappa shape index (κ2) is 10.6. The molecule has 1 aliphatic heterocycles. The average Bonchev–Trinajstić information content (AvgIpc) is 2.59. The Morgan fingerprint density at radius 3 is 2.78 bits per heavy atom. The fourth-order valence-corrected chi connectivity index (χ4v) is 3.03. The zero-order valence-corrected chi connectivity index (χ0v) is 14.7. The fourth-order valence-electron chi connectivity index (χ4n) is 3.03. The number of halogens is 1. The molecule has 0 spiro atoms. The molecule has 1 saturated heterocycles. The second-order valence-corrected chi connectivity index (χ2v) is 6.03. The number of benzene rings is 1. The standard InChI is InChI=1S/C18H28N2O2.ClH/c1-2-3-10-15(13-19)20-18(21)16-11-7-12-22-17(16)14-8-5-4-6-9-14;/h4-6,8-9,15-17H,2-3,7,10-13,19H2,1H3,(H,20,21);1H. The summed E-state index contributed by atoms with van der Waals surface area (Å²) in [6.07, 6.45) is 4.82. The first-order chi connectivity index (χ1) is 10.8. The van der Waals surface area contributed by atoms with Crippen LogP contribution in [0.4, 0.5) is 0 Å². The molecule has 1 aromatic carbocycles. The molecule has 130 valence electrons. The van der Waals surface area contributed by atoms with Crippen LogP contribution < -0.4 is 11.1 Å². The molecule has 0 saturated carbocycles. The number of amides is 1. The van der Waals surface area contributed by atoms with Gasteiger partial charge in [-0.3, -0.25) is 4.79 Å². The number of nitrogens with two attached hydrogens (primary N) is 1. The normalized spacial score (nSPS) is 22.0. The number of rotatable bonds is 7. The lowest BCUT2D eigenvalue weighted by Gasteiger charge is -2.32. The highest BCUT2D eigenvalue weighted by molar-refractivity contribution is 5.85. The Labute approximate surface area is 145 Å². The van der Waals surface area contributed by atoms with Gasteiger partial charge in [-0.15, -0.1) is 12.4 Å². The zero-order chi connectivity index (χ0) is 15.8. The van der Waals surface area contributed by atoms with Gasteiger partial charge in [-0.1, -0.05) is 50.1 Å². The van der Waals surface area contributed by atoms with Crippen molar-refractivity contribution in [1.82, 2.24) is 5.32 Å². The molecule has 3 unspecified atom stereocenters. The van der Waals surface area contributed by atoms with E-state index in [2.05, 4.69) is 12.2 Å². The van der Waals surface area contributed by atoms with Crippen molar-refractivity contribution >= 4 is 18.3 Å². The molecule has 3 N–H and O–H groups in total. The molecule has 0 radical (unpaired) electrons. The van der Waals surface area contributed by atoms with Gasteiger partial charge in [0.15, 0.2) is 0 Å². The number of carbonyl (C=O) groups is 1. The summed E-state index contributed by atoms with van der Waals surface area (Å²) in [5, 5.41) is 3.13. The number of carbonyl (C=O) groups excluding carboxylic acids is 1. The number of hydrogen-bond donors (Lipinski definition) is 2. The van der Waals surface area contributed by atoms with Crippen LogP contribution in [0.1, 0.15) is 50.7 Å². The molecule has 4 nitrogen and oxygen atoms in total. The van der Waals surface area contributed by atoms with Gasteiger partial charge in [0.05, 0.1) is 12.0 Å². The summed E-state index contributed by atoms with van der Waals surface area (Å²) in [5.41, 5.74) is 6.87. The van der Waals surface area contributed by atoms with Crippen LogP contribution >= 0.6 is 12.4 Å². The Balaban J connectivity index is 0.00000264. The molecule has 5 heteroatoms. The van der Waals surface area contributed by atoms with Crippen molar-refractivity contribution in [2.24, 2.45) is 11.7 Å². The van der Waals surface area contributed by atoms with Crippen molar-refractivity contribution in [2.45, 2.75) is 51.2 Å². The van der Waals surface area contributed by atoms with Crippen molar-refractivity contribution < 1.29 is 9.53 Å². The zero-order valence-electron chi connectivity index (χ0n) is 13.9.